The van der Waals surface area contributed by atoms with Gasteiger partial charge in [-0.25, -0.2) is 4.39 Å². The summed E-state index contributed by atoms with van der Waals surface area (Å²) in [4.78, 5) is 0. The van der Waals surface area contributed by atoms with Crippen LogP contribution in [-0.4, -0.2) is 0 Å². The van der Waals surface area contributed by atoms with Gasteiger partial charge in [0, 0.05) is 6.04 Å². The topological polar surface area (TPSA) is 26.0 Å². The van der Waals surface area contributed by atoms with Crippen molar-refractivity contribution in [1.29, 1.82) is 0 Å². The van der Waals surface area contributed by atoms with Crippen molar-refractivity contribution in [2.24, 2.45) is 11.7 Å². The Balaban J connectivity index is 2.23. The van der Waals surface area contributed by atoms with Gasteiger partial charge in [0.05, 0.1) is 5.56 Å². The highest BCUT2D eigenvalue weighted by Crippen LogP contribution is 2.38. The number of hydrogen-bond donors (Lipinski definition) is 1. The minimum Gasteiger partial charge on any atom is -0.324 e. The van der Waals surface area contributed by atoms with Crippen LogP contribution in [0.1, 0.15) is 36.4 Å². The maximum Gasteiger partial charge on any atom is 0.419 e. The highest BCUT2D eigenvalue weighted by molar-refractivity contribution is 5.29. The van der Waals surface area contributed by atoms with Crippen LogP contribution < -0.4 is 5.73 Å². The normalized spacial score (nSPS) is 18.2. The second kappa shape index (κ2) is 4.29. The van der Waals surface area contributed by atoms with Gasteiger partial charge in [0.15, 0.2) is 0 Å². The van der Waals surface area contributed by atoms with Crippen LogP contribution in [0.3, 0.4) is 0 Å². The molecule has 94 valence electrons. The summed E-state index contributed by atoms with van der Waals surface area (Å²) in [6.45, 7) is 0. The van der Waals surface area contributed by atoms with Crippen LogP contribution in [0.4, 0.5) is 17.6 Å². The molecular weight excluding hydrogens is 234 g/mol. The summed E-state index contributed by atoms with van der Waals surface area (Å²) in [7, 11) is 0. The fraction of sp³-hybridized carbons (Fsp3) is 0.500. The Kier molecular flexibility index (Phi) is 3.12. The van der Waals surface area contributed by atoms with Gasteiger partial charge in [-0.1, -0.05) is 18.9 Å². The number of hydrogen-bond acceptors (Lipinski definition) is 1. The molecule has 1 aliphatic carbocycles. The SMILES string of the molecule is N[C@H](CC1CC1)c1ccc(F)c(C(F)(F)F)c1. The van der Waals surface area contributed by atoms with Crippen LogP contribution in [0.2, 0.25) is 0 Å². The fourth-order valence-electron chi connectivity index (χ4n) is 1.84. The molecule has 0 radical (unpaired) electrons. The summed E-state index contributed by atoms with van der Waals surface area (Å²) in [5.41, 5.74) is 4.93. The molecule has 1 saturated carbocycles. The summed E-state index contributed by atoms with van der Waals surface area (Å²) in [5, 5.41) is 0. The van der Waals surface area contributed by atoms with Crippen molar-refractivity contribution in [3.05, 3.63) is 35.1 Å². The molecule has 0 aliphatic heterocycles. The third-order valence-electron chi connectivity index (χ3n) is 3.01. The molecule has 0 bridgehead atoms. The summed E-state index contributed by atoms with van der Waals surface area (Å²) in [6.07, 6.45) is -1.83. The maximum absolute atomic E-state index is 13.0. The fourth-order valence-corrected chi connectivity index (χ4v) is 1.84. The molecule has 2 rings (SSSR count). The minimum absolute atomic E-state index is 0.352. The van der Waals surface area contributed by atoms with Crippen molar-refractivity contribution in [3.63, 3.8) is 0 Å². The first-order valence-electron chi connectivity index (χ1n) is 5.50. The Hall–Kier alpha value is -1.10. The quantitative estimate of drug-likeness (QED) is 0.811. The zero-order valence-corrected chi connectivity index (χ0v) is 9.10. The van der Waals surface area contributed by atoms with Crippen LogP contribution in [0.15, 0.2) is 18.2 Å². The molecule has 0 amide bonds. The average Bonchev–Trinajstić information content (AvgIpc) is 3.00. The Morgan fingerprint density at radius 2 is 1.94 bits per heavy atom. The van der Waals surface area contributed by atoms with E-state index < -0.39 is 23.6 Å². The van der Waals surface area contributed by atoms with E-state index in [9.17, 15) is 17.6 Å². The largest absolute Gasteiger partial charge is 0.419 e. The van der Waals surface area contributed by atoms with Crippen molar-refractivity contribution in [1.82, 2.24) is 0 Å². The molecule has 5 heteroatoms. The first kappa shape index (κ1) is 12.4. The van der Waals surface area contributed by atoms with E-state index in [1.54, 1.807) is 0 Å². The molecule has 1 fully saturated rings. The second-order valence-electron chi connectivity index (χ2n) is 4.52. The van der Waals surface area contributed by atoms with Gasteiger partial charge in [-0.2, -0.15) is 13.2 Å². The lowest BCUT2D eigenvalue weighted by Crippen LogP contribution is -2.14. The summed E-state index contributed by atoms with van der Waals surface area (Å²) < 4.78 is 50.5. The van der Waals surface area contributed by atoms with Crippen LogP contribution in [0, 0.1) is 11.7 Å². The molecule has 17 heavy (non-hydrogen) atoms. The molecule has 0 spiro atoms. The standard InChI is InChI=1S/C12H13F4N/c13-10-4-3-8(6-9(10)12(14,15)16)11(17)5-7-1-2-7/h3-4,6-7,11H,1-2,5,17H2/t11-/m1/s1. The molecule has 0 aromatic heterocycles. The second-order valence-corrected chi connectivity index (χ2v) is 4.52. The lowest BCUT2D eigenvalue weighted by molar-refractivity contribution is -0.140. The Labute approximate surface area is 96.6 Å². The predicted molar refractivity (Wildman–Crippen MR) is 55.7 cm³/mol. The van der Waals surface area contributed by atoms with Gasteiger partial charge in [-0.15, -0.1) is 0 Å². The molecule has 1 aliphatic rings. The molecule has 1 nitrogen and oxygen atoms in total. The Bertz CT molecular complexity index is 409. The van der Waals surface area contributed by atoms with E-state index in [0.717, 1.165) is 25.0 Å². The van der Waals surface area contributed by atoms with Crippen LogP contribution in [0.25, 0.3) is 0 Å². The van der Waals surface area contributed by atoms with E-state index in [4.69, 9.17) is 5.73 Å². The van der Waals surface area contributed by atoms with E-state index in [-0.39, 0.29) is 0 Å². The molecule has 0 heterocycles. The predicted octanol–water partition coefficient (Wildman–Crippen LogP) is 3.64. The zero-order valence-electron chi connectivity index (χ0n) is 9.10. The first-order valence-corrected chi connectivity index (χ1v) is 5.50. The summed E-state index contributed by atoms with van der Waals surface area (Å²) in [6, 6.07) is 2.55. The van der Waals surface area contributed by atoms with E-state index in [2.05, 4.69) is 0 Å². The monoisotopic (exact) mass is 247 g/mol. The van der Waals surface area contributed by atoms with Crippen molar-refractivity contribution in [2.75, 3.05) is 0 Å². The van der Waals surface area contributed by atoms with Crippen molar-refractivity contribution in [2.45, 2.75) is 31.5 Å². The summed E-state index contributed by atoms with van der Waals surface area (Å²) >= 11 is 0. The molecule has 1 aromatic rings. The number of benzene rings is 1. The molecule has 1 atom stereocenters. The van der Waals surface area contributed by atoms with Crippen LogP contribution in [-0.2, 0) is 6.18 Å². The van der Waals surface area contributed by atoms with Gasteiger partial charge in [-0.3, -0.25) is 0 Å². The van der Waals surface area contributed by atoms with E-state index in [1.165, 1.54) is 6.07 Å². The third-order valence-corrected chi connectivity index (χ3v) is 3.01. The molecular formula is C12H13F4N. The highest BCUT2D eigenvalue weighted by atomic mass is 19.4. The molecule has 0 unspecified atom stereocenters. The number of alkyl halides is 3. The van der Waals surface area contributed by atoms with Crippen molar-refractivity contribution in [3.8, 4) is 0 Å². The molecule has 2 N–H and O–H groups in total. The number of rotatable bonds is 3. The van der Waals surface area contributed by atoms with Gasteiger partial charge >= 0.3 is 6.18 Å². The molecule has 0 saturated heterocycles. The summed E-state index contributed by atoms with van der Waals surface area (Å²) in [5.74, 6) is -0.732. The Morgan fingerprint density at radius 3 is 2.47 bits per heavy atom. The lowest BCUT2D eigenvalue weighted by Gasteiger charge is -2.14. The van der Waals surface area contributed by atoms with Crippen molar-refractivity contribution >= 4 is 0 Å². The average molecular weight is 247 g/mol. The number of halogens is 4. The first-order chi connectivity index (χ1) is 7.88. The van der Waals surface area contributed by atoms with Gasteiger partial charge in [0.25, 0.3) is 0 Å². The lowest BCUT2D eigenvalue weighted by atomic mass is 9.99. The van der Waals surface area contributed by atoms with Crippen LogP contribution >= 0.6 is 0 Å². The number of nitrogens with two attached hydrogens (primary N) is 1. The van der Waals surface area contributed by atoms with E-state index >= 15 is 0 Å². The maximum atomic E-state index is 13.0. The van der Waals surface area contributed by atoms with E-state index in [1.807, 2.05) is 0 Å². The highest BCUT2D eigenvalue weighted by Gasteiger charge is 2.35. The van der Waals surface area contributed by atoms with Gasteiger partial charge in [0.1, 0.15) is 5.82 Å². The van der Waals surface area contributed by atoms with Gasteiger partial charge in [0.2, 0.25) is 0 Å². The Morgan fingerprint density at radius 1 is 1.29 bits per heavy atom. The van der Waals surface area contributed by atoms with Crippen molar-refractivity contribution < 1.29 is 17.6 Å². The van der Waals surface area contributed by atoms with Gasteiger partial charge in [-0.05, 0) is 30.0 Å². The third kappa shape index (κ3) is 2.97. The zero-order chi connectivity index (χ0) is 12.6. The van der Waals surface area contributed by atoms with Crippen LogP contribution in [0.5, 0.6) is 0 Å². The molecule has 1 aromatic carbocycles. The smallest absolute Gasteiger partial charge is 0.324 e. The van der Waals surface area contributed by atoms with E-state index in [0.29, 0.717) is 17.9 Å². The van der Waals surface area contributed by atoms with Gasteiger partial charge < -0.3 is 5.73 Å². The minimum atomic E-state index is -4.67.